The van der Waals surface area contributed by atoms with Gasteiger partial charge in [-0.05, 0) is 6.42 Å². The maximum absolute atomic E-state index is 12.0. The molecule has 0 spiro atoms. The van der Waals surface area contributed by atoms with E-state index in [1.54, 1.807) is 14.1 Å². The fraction of sp³-hybridized carbons (Fsp3) is 0.957. The second kappa shape index (κ2) is 20.0. The van der Waals surface area contributed by atoms with E-state index in [4.69, 9.17) is 0 Å². The lowest BCUT2D eigenvalue weighted by molar-refractivity contribution is -1.09. The maximum Gasteiger partial charge on any atom is 0.224 e. The predicted octanol–water partition coefficient (Wildman–Crippen LogP) is 3.57. The Balaban J connectivity index is 0. The molecule has 1 unspecified atom stereocenters. The van der Waals surface area contributed by atoms with Crippen molar-refractivity contribution in [2.24, 2.45) is 0 Å². The van der Waals surface area contributed by atoms with Crippen LogP contribution in [-0.2, 0) is 4.79 Å². The van der Waals surface area contributed by atoms with Crippen LogP contribution >= 0.6 is 0 Å². The molecule has 5 heteroatoms. The fourth-order valence-corrected chi connectivity index (χ4v) is 3.62. The van der Waals surface area contributed by atoms with Crippen LogP contribution in [0.5, 0.6) is 0 Å². The molecule has 0 aromatic carbocycles. The zero-order valence-corrected chi connectivity index (χ0v) is 20.0. The number of carbonyl (C=O) groups is 1. The van der Waals surface area contributed by atoms with E-state index >= 15 is 0 Å². The summed E-state index contributed by atoms with van der Waals surface area (Å²) in [6, 6.07) is 0. The van der Waals surface area contributed by atoms with Gasteiger partial charge in [0.2, 0.25) is 5.91 Å². The lowest BCUT2D eigenvalue weighted by Gasteiger charge is -2.29. The number of quaternary nitrogens is 1. The molecule has 0 aliphatic carbocycles. The molecule has 4 nitrogen and oxygen atoms in total. The van der Waals surface area contributed by atoms with E-state index in [9.17, 15) is 10.0 Å². The van der Waals surface area contributed by atoms with E-state index < -0.39 is 0 Å². The van der Waals surface area contributed by atoms with Crippen LogP contribution in [0.25, 0.3) is 0 Å². The molecule has 2 N–H and O–H groups in total. The first-order valence-corrected chi connectivity index (χ1v) is 11.8. The molecule has 28 heavy (non-hydrogen) atoms. The summed E-state index contributed by atoms with van der Waals surface area (Å²) in [7, 11) is 3.39. The van der Waals surface area contributed by atoms with Gasteiger partial charge in [0.05, 0.1) is 0 Å². The van der Waals surface area contributed by atoms with Crippen molar-refractivity contribution < 1.29 is 27.1 Å². The molecule has 0 aliphatic heterocycles. The van der Waals surface area contributed by atoms with Gasteiger partial charge in [0.15, 0.2) is 6.17 Å². The summed E-state index contributed by atoms with van der Waals surface area (Å²) in [5.41, 5.74) is 0. The molecule has 1 amide bonds. The van der Waals surface area contributed by atoms with Crippen LogP contribution in [0.2, 0.25) is 0 Å². The Hall–Kier alpha value is -0.320. The van der Waals surface area contributed by atoms with Gasteiger partial charge in [-0.2, -0.15) is 4.65 Å². The third-order valence-electron chi connectivity index (χ3n) is 5.48. The van der Waals surface area contributed by atoms with Crippen LogP contribution in [0.15, 0.2) is 0 Å². The van der Waals surface area contributed by atoms with Crippen LogP contribution in [0.1, 0.15) is 123 Å². The van der Waals surface area contributed by atoms with Gasteiger partial charge in [0.25, 0.3) is 0 Å². The Morgan fingerprint density at radius 1 is 0.750 bits per heavy atom. The monoisotopic (exact) mass is 420 g/mol. The number of hydrogen-bond acceptors (Lipinski definition) is 2. The second-order valence-electron chi connectivity index (χ2n) is 8.67. The molecular formula is C23H49ClN2O2. The molecule has 1 atom stereocenters. The summed E-state index contributed by atoms with van der Waals surface area (Å²) < 4.78 is -0.207. The summed E-state index contributed by atoms with van der Waals surface area (Å²) in [6.45, 7) is 4.26. The topological polar surface area (TPSA) is 49.3 Å². The third kappa shape index (κ3) is 19.0. The molecule has 0 bridgehead atoms. The number of hydroxylamine groups is 3. The van der Waals surface area contributed by atoms with Crippen molar-refractivity contribution in [3.63, 3.8) is 0 Å². The first kappa shape index (κ1) is 29.9. The van der Waals surface area contributed by atoms with Gasteiger partial charge in [-0.25, -0.2) is 5.21 Å². The van der Waals surface area contributed by atoms with Crippen LogP contribution < -0.4 is 17.7 Å². The van der Waals surface area contributed by atoms with Gasteiger partial charge in [-0.3, -0.25) is 4.79 Å². The Morgan fingerprint density at radius 3 is 1.43 bits per heavy atom. The van der Waals surface area contributed by atoms with Crippen molar-refractivity contribution >= 4 is 5.91 Å². The number of unbranched alkanes of at least 4 members (excludes halogenated alkanes) is 14. The molecule has 0 saturated carbocycles. The van der Waals surface area contributed by atoms with Crippen molar-refractivity contribution in [1.29, 1.82) is 0 Å². The Morgan fingerprint density at radius 2 is 1.11 bits per heavy atom. The van der Waals surface area contributed by atoms with Gasteiger partial charge in [0.1, 0.15) is 14.1 Å². The second-order valence-corrected chi connectivity index (χ2v) is 8.67. The number of rotatable bonds is 19. The van der Waals surface area contributed by atoms with Crippen molar-refractivity contribution in [1.82, 2.24) is 5.32 Å². The number of amides is 1. The van der Waals surface area contributed by atoms with E-state index in [2.05, 4.69) is 12.2 Å². The zero-order valence-electron chi connectivity index (χ0n) is 19.3. The van der Waals surface area contributed by atoms with E-state index in [1.165, 1.54) is 83.5 Å². The number of carbonyl (C=O) groups excluding carboxylic acids is 1. The highest BCUT2D eigenvalue weighted by Crippen LogP contribution is 2.14. The largest absolute Gasteiger partial charge is 1.00 e. The van der Waals surface area contributed by atoms with E-state index in [0.717, 1.165) is 19.3 Å². The SMILES string of the molecule is CCCCCCCCCCCCCCCCCC(=O)NC(CC)[N+](C)(C)O.[Cl-]. The van der Waals surface area contributed by atoms with Crippen LogP contribution in [-0.4, -0.2) is 36.0 Å². The average molecular weight is 421 g/mol. The predicted molar refractivity (Wildman–Crippen MR) is 116 cm³/mol. The molecule has 0 heterocycles. The van der Waals surface area contributed by atoms with Crippen LogP contribution in [0.3, 0.4) is 0 Å². The number of nitrogens with one attached hydrogen (secondary N) is 1. The minimum atomic E-state index is -0.214. The first-order chi connectivity index (χ1) is 12.9. The third-order valence-corrected chi connectivity index (χ3v) is 5.48. The van der Waals surface area contributed by atoms with Crippen LogP contribution in [0, 0.1) is 0 Å². The van der Waals surface area contributed by atoms with Crippen LogP contribution in [0.4, 0.5) is 0 Å². The molecule has 0 aromatic rings. The summed E-state index contributed by atoms with van der Waals surface area (Å²) in [5.74, 6) is 0.0665. The summed E-state index contributed by atoms with van der Waals surface area (Å²) in [4.78, 5) is 12.0. The van der Waals surface area contributed by atoms with Gasteiger partial charge < -0.3 is 17.7 Å². The normalized spacial score (nSPS) is 12.5. The highest BCUT2D eigenvalue weighted by Gasteiger charge is 2.26. The zero-order chi connectivity index (χ0) is 20.4. The number of hydrogen-bond donors (Lipinski definition) is 2. The summed E-state index contributed by atoms with van der Waals surface area (Å²) in [6.07, 6.45) is 21.1. The Kier molecular flexibility index (Phi) is 21.3. The molecule has 170 valence electrons. The van der Waals surface area contributed by atoms with E-state index in [1.807, 2.05) is 6.92 Å². The quantitative estimate of drug-likeness (QED) is 0.145. The van der Waals surface area contributed by atoms with E-state index in [-0.39, 0.29) is 29.1 Å². The highest BCUT2D eigenvalue weighted by molar-refractivity contribution is 5.75. The van der Waals surface area contributed by atoms with Gasteiger partial charge in [-0.1, -0.05) is 104 Å². The Bertz CT molecular complexity index is 346. The molecular weight excluding hydrogens is 372 g/mol. The summed E-state index contributed by atoms with van der Waals surface area (Å²) >= 11 is 0. The molecule has 0 aromatic heterocycles. The lowest BCUT2D eigenvalue weighted by atomic mass is 10.0. The minimum absolute atomic E-state index is 0. The molecule has 0 aliphatic rings. The number of halogens is 1. The molecule has 0 saturated heterocycles. The smallest absolute Gasteiger partial charge is 0.224 e. The van der Waals surface area contributed by atoms with Gasteiger partial charge in [-0.15, -0.1) is 0 Å². The Labute approximate surface area is 181 Å². The minimum Gasteiger partial charge on any atom is -1.00 e. The standard InChI is InChI=1S/C23H48N2O2.ClH/c1-5-7-8-9-10-11-12-13-14-15-16-17-18-19-20-21-23(26)24-22(6-2)25(3,4)27;/h22,27H,5-21H2,1-4H3;1H. The van der Waals surface area contributed by atoms with Crippen molar-refractivity contribution in [2.45, 2.75) is 129 Å². The fourth-order valence-electron chi connectivity index (χ4n) is 3.62. The molecule has 0 radical (unpaired) electrons. The maximum atomic E-state index is 12.0. The van der Waals surface area contributed by atoms with Crippen molar-refractivity contribution in [3.8, 4) is 0 Å². The highest BCUT2D eigenvalue weighted by atomic mass is 35.5. The average Bonchev–Trinajstić information content (AvgIpc) is 2.62. The van der Waals surface area contributed by atoms with Crippen molar-refractivity contribution in [2.75, 3.05) is 14.1 Å². The number of nitrogens with zero attached hydrogens (tertiary/aromatic N) is 1. The van der Waals surface area contributed by atoms with Gasteiger partial charge in [0, 0.05) is 12.8 Å². The van der Waals surface area contributed by atoms with E-state index in [0.29, 0.717) is 6.42 Å². The van der Waals surface area contributed by atoms with Crippen molar-refractivity contribution in [3.05, 3.63) is 0 Å². The molecule has 0 fully saturated rings. The summed E-state index contributed by atoms with van der Waals surface area (Å²) in [5, 5.41) is 12.9. The van der Waals surface area contributed by atoms with Gasteiger partial charge >= 0.3 is 0 Å². The first-order valence-electron chi connectivity index (χ1n) is 11.8. The molecule has 0 rings (SSSR count). The lowest BCUT2D eigenvalue weighted by Crippen LogP contribution is -3.00.